The summed E-state index contributed by atoms with van der Waals surface area (Å²) in [4.78, 5) is 13.9. The smallest absolute Gasteiger partial charge is 0.136 e. The van der Waals surface area contributed by atoms with Gasteiger partial charge in [-0.3, -0.25) is 9.69 Å². The number of ketones is 1. The fourth-order valence-corrected chi connectivity index (χ4v) is 3.44. The third-order valence-electron chi connectivity index (χ3n) is 3.91. The molecule has 0 spiro atoms. The molecule has 0 saturated carbocycles. The predicted octanol–water partition coefficient (Wildman–Crippen LogP) is 1.20. The van der Waals surface area contributed by atoms with Crippen molar-refractivity contribution < 1.29 is 4.79 Å². The number of hydrogen-bond donors (Lipinski definition) is 0. The van der Waals surface area contributed by atoms with Gasteiger partial charge in [0.1, 0.15) is 5.78 Å². The van der Waals surface area contributed by atoms with Crippen molar-refractivity contribution in [2.24, 2.45) is 5.92 Å². The van der Waals surface area contributed by atoms with E-state index in [1.807, 2.05) is 0 Å². The lowest BCUT2D eigenvalue weighted by molar-refractivity contribution is -0.124. The average Bonchev–Trinajstić information content (AvgIpc) is 2.26. The Morgan fingerprint density at radius 2 is 2.25 bits per heavy atom. The summed E-state index contributed by atoms with van der Waals surface area (Å²) < 4.78 is 0. The maximum absolute atomic E-state index is 11.3. The highest BCUT2D eigenvalue weighted by atomic mass is 16.1. The Morgan fingerprint density at radius 1 is 1.33 bits per heavy atom. The van der Waals surface area contributed by atoms with Crippen LogP contribution in [0.5, 0.6) is 0 Å². The molecule has 0 aromatic rings. The van der Waals surface area contributed by atoms with Gasteiger partial charge in [0.2, 0.25) is 0 Å². The summed E-state index contributed by atoms with van der Waals surface area (Å²) in [6, 6.07) is 1.30. The molecule has 3 aliphatic rings. The Labute approximate surface area is 72.9 Å². The molecule has 3 aliphatic heterocycles. The van der Waals surface area contributed by atoms with Gasteiger partial charge in [-0.05, 0) is 31.7 Å². The largest absolute Gasteiger partial charge is 0.300 e. The molecule has 4 bridgehead atoms. The topological polar surface area (TPSA) is 20.3 Å². The van der Waals surface area contributed by atoms with E-state index in [2.05, 4.69) is 4.90 Å². The molecule has 0 aliphatic carbocycles. The molecule has 3 saturated heterocycles. The van der Waals surface area contributed by atoms with Gasteiger partial charge in [-0.25, -0.2) is 0 Å². The van der Waals surface area contributed by atoms with E-state index < -0.39 is 0 Å². The van der Waals surface area contributed by atoms with E-state index in [1.165, 1.54) is 25.8 Å². The van der Waals surface area contributed by atoms with E-state index in [9.17, 15) is 4.79 Å². The summed E-state index contributed by atoms with van der Waals surface area (Å²) in [6.07, 6.45) is 5.78. The molecule has 0 aromatic carbocycles. The minimum Gasteiger partial charge on any atom is -0.300 e. The van der Waals surface area contributed by atoms with Crippen LogP contribution in [0.15, 0.2) is 0 Å². The molecule has 4 atom stereocenters. The summed E-state index contributed by atoms with van der Waals surface area (Å²) in [5, 5.41) is 0. The first-order valence-corrected chi connectivity index (χ1v) is 5.12. The molecular formula is C10H15NO. The molecule has 1 unspecified atom stereocenters. The lowest BCUT2D eigenvalue weighted by Crippen LogP contribution is -2.46. The molecule has 0 amide bonds. The molecule has 66 valence electrons. The van der Waals surface area contributed by atoms with E-state index in [0.717, 1.165) is 18.8 Å². The van der Waals surface area contributed by atoms with Gasteiger partial charge >= 0.3 is 0 Å². The molecule has 3 rings (SSSR count). The fourth-order valence-electron chi connectivity index (χ4n) is 3.44. The van der Waals surface area contributed by atoms with E-state index in [-0.39, 0.29) is 0 Å². The first-order chi connectivity index (χ1) is 5.84. The fraction of sp³-hybridized carbons (Fsp3) is 0.900. The summed E-state index contributed by atoms with van der Waals surface area (Å²) in [5.41, 5.74) is 0. The molecule has 2 nitrogen and oxygen atoms in total. The lowest BCUT2D eigenvalue weighted by Gasteiger charge is -2.38. The Morgan fingerprint density at radius 3 is 3.17 bits per heavy atom. The molecular weight excluding hydrogens is 150 g/mol. The van der Waals surface area contributed by atoms with Gasteiger partial charge in [0.25, 0.3) is 0 Å². The minimum atomic E-state index is 0.519. The van der Waals surface area contributed by atoms with Crippen molar-refractivity contribution in [2.45, 2.75) is 44.2 Å². The number of hydrogen-bond acceptors (Lipinski definition) is 2. The van der Waals surface area contributed by atoms with Crippen molar-refractivity contribution in [1.29, 1.82) is 0 Å². The molecule has 3 fully saturated rings. The summed E-state index contributed by atoms with van der Waals surface area (Å²) in [6.45, 7) is 1.26. The lowest BCUT2D eigenvalue weighted by atomic mass is 9.90. The SMILES string of the molecule is O=C1C[C@H]2C[C@H]3CCCN2[C@@H]3C1. The standard InChI is InChI=1S/C10H15NO/c12-9-5-8-4-7-2-1-3-11(8)10(7)6-9/h7-8,10H,1-6H2/t7-,8-,10-/m1/s1. The van der Waals surface area contributed by atoms with Crippen molar-refractivity contribution in [1.82, 2.24) is 4.90 Å². The molecule has 2 heteroatoms. The average molecular weight is 165 g/mol. The summed E-state index contributed by atoms with van der Waals surface area (Å²) in [7, 11) is 0. The highest BCUT2D eigenvalue weighted by Crippen LogP contribution is 2.43. The van der Waals surface area contributed by atoms with Gasteiger partial charge in [0.05, 0.1) is 0 Å². The van der Waals surface area contributed by atoms with Gasteiger partial charge < -0.3 is 0 Å². The Hall–Kier alpha value is -0.370. The van der Waals surface area contributed by atoms with Crippen molar-refractivity contribution >= 4 is 5.78 Å². The third kappa shape index (κ3) is 0.817. The number of rotatable bonds is 0. The van der Waals surface area contributed by atoms with E-state index in [0.29, 0.717) is 17.9 Å². The predicted molar refractivity (Wildman–Crippen MR) is 45.9 cm³/mol. The van der Waals surface area contributed by atoms with Crippen LogP contribution in [0.4, 0.5) is 0 Å². The molecule has 0 aromatic heterocycles. The van der Waals surface area contributed by atoms with Gasteiger partial charge in [-0.1, -0.05) is 0 Å². The number of carbonyl (C=O) groups is 1. The normalized spacial score (nSPS) is 51.2. The van der Waals surface area contributed by atoms with Gasteiger partial charge in [0.15, 0.2) is 0 Å². The monoisotopic (exact) mass is 165 g/mol. The van der Waals surface area contributed by atoms with Crippen LogP contribution in [0.25, 0.3) is 0 Å². The van der Waals surface area contributed by atoms with Crippen molar-refractivity contribution in [2.75, 3.05) is 6.54 Å². The second-order valence-corrected chi connectivity index (χ2v) is 4.54. The van der Waals surface area contributed by atoms with Gasteiger partial charge in [-0.2, -0.15) is 0 Å². The van der Waals surface area contributed by atoms with Crippen LogP contribution in [0.2, 0.25) is 0 Å². The maximum Gasteiger partial charge on any atom is 0.136 e. The van der Waals surface area contributed by atoms with E-state index in [4.69, 9.17) is 0 Å². The zero-order chi connectivity index (χ0) is 8.13. The molecule has 3 heterocycles. The van der Waals surface area contributed by atoms with Crippen LogP contribution < -0.4 is 0 Å². The van der Waals surface area contributed by atoms with Crippen LogP contribution >= 0.6 is 0 Å². The Bertz CT molecular complexity index is 226. The van der Waals surface area contributed by atoms with Crippen LogP contribution in [0, 0.1) is 5.92 Å². The van der Waals surface area contributed by atoms with Crippen LogP contribution in [-0.4, -0.2) is 29.3 Å². The van der Waals surface area contributed by atoms with Gasteiger partial charge in [-0.15, -0.1) is 0 Å². The van der Waals surface area contributed by atoms with E-state index >= 15 is 0 Å². The number of carbonyl (C=O) groups excluding carboxylic acids is 1. The molecule has 0 radical (unpaired) electrons. The molecule has 12 heavy (non-hydrogen) atoms. The van der Waals surface area contributed by atoms with Crippen molar-refractivity contribution in [3.8, 4) is 0 Å². The van der Waals surface area contributed by atoms with Crippen molar-refractivity contribution in [3.05, 3.63) is 0 Å². The Balaban J connectivity index is 1.92. The van der Waals surface area contributed by atoms with Crippen molar-refractivity contribution in [3.63, 3.8) is 0 Å². The summed E-state index contributed by atoms with van der Waals surface area (Å²) >= 11 is 0. The highest BCUT2D eigenvalue weighted by molar-refractivity contribution is 5.81. The maximum atomic E-state index is 11.3. The second kappa shape index (κ2) is 2.32. The highest BCUT2D eigenvalue weighted by Gasteiger charge is 2.47. The third-order valence-corrected chi connectivity index (χ3v) is 3.91. The quantitative estimate of drug-likeness (QED) is 0.537. The first-order valence-electron chi connectivity index (χ1n) is 5.12. The zero-order valence-corrected chi connectivity index (χ0v) is 7.33. The van der Waals surface area contributed by atoms with Crippen LogP contribution in [0.1, 0.15) is 32.1 Å². The van der Waals surface area contributed by atoms with Crippen LogP contribution in [0.3, 0.4) is 0 Å². The molecule has 0 N–H and O–H groups in total. The zero-order valence-electron chi connectivity index (χ0n) is 7.33. The number of Topliss-reactive ketones (excluding diaryl/α,β-unsaturated/α-hetero) is 1. The Kier molecular flexibility index (Phi) is 1.37. The summed E-state index contributed by atoms with van der Waals surface area (Å²) in [5.74, 6) is 1.39. The number of nitrogens with zero attached hydrogens (tertiary/aromatic N) is 1. The minimum absolute atomic E-state index is 0.519. The van der Waals surface area contributed by atoms with E-state index in [1.54, 1.807) is 0 Å². The van der Waals surface area contributed by atoms with Gasteiger partial charge in [0, 0.05) is 24.9 Å². The van der Waals surface area contributed by atoms with Crippen LogP contribution in [-0.2, 0) is 4.79 Å². The second-order valence-electron chi connectivity index (χ2n) is 4.54. The first kappa shape index (κ1) is 7.07. The number of piperidine rings is 2.